The van der Waals surface area contributed by atoms with Crippen LogP contribution in [0.1, 0.15) is 37.7 Å². The molecule has 1 fully saturated rings. The van der Waals surface area contributed by atoms with Crippen molar-refractivity contribution in [2.45, 2.75) is 44.2 Å². The van der Waals surface area contributed by atoms with E-state index in [4.69, 9.17) is 0 Å². The number of carbonyl (C=O) groups is 1. The molecule has 8 nitrogen and oxygen atoms in total. The van der Waals surface area contributed by atoms with E-state index in [1.165, 1.54) is 10.9 Å². The molecule has 30 heavy (non-hydrogen) atoms. The highest BCUT2D eigenvalue weighted by molar-refractivity contribution is 5.77. The van der Waals surface area contributed by atoms with Crippen LogP contribution >= 0.6 is 0 Å². The van der Waals surface area contributed by atoms with Gasteiger partial charge in [0, 0.05) is 26.6 Å². The van der Waals surface area contributed by atoms with Crippen LogP contribution < -0.4 is 5.56 Å². The lowest BCUT2D eigenvalue weighted by atomic mass is 9.90. The van der Waals surface area contributed by atoms with Crippen molar-refractivity contribution in [3.63, 3.8) is 0 Å². The van der Waals surface area contributed by atoms with Gasteiger partial charge in [-0.25, -0.2) is 9.97 Å². The van der Waals surface area contributed by atoms with Crippen molar-refractivity contribution in [3.05, 3.63) is 58.9 Å². The zero-order valence-electron chi connectivity index (χ0n) is 17.4. The average Bonchev–Trinajstić information content (AvgIpc) is 3.12. The first-order chi connectivity index (χ1) is 14.4. The number of hydrogen-bond acceptors (Lipinski definition) is 5. The minimum absolute atomic E-state index is 0.0992. The molecule has 1 amide bonds. The van der Waals surface area contributed by atoms with E-state index < -0.39 is 5.60 Å². The van der Waals surface area contributed by atoms with Gasteiger partial charge < -0.3 is 14.6 Å². The molecule has 1 atom stereocenters. The topological polar surface area (TPSA) is 93.2 Å². The monoisotopic (exact) mass is 409 g/mol. The SMILES string of the molecule is C[C@H](CC(=O)N1CCC(O)(Cn2cnc3c(ncn3C)c2=O)CC1)c1ccccc1. The van der Waals surface area contributed by atoms with Gasteiger partial charge in [0.25, 0.3) is 5.56 Å². The highest BCUT2D eigenvalue weighted by Crippen LogP contribution is 2.26. The van der Waals surface area contributed by atoms with Crippen molar-refractivity contribution in [2.75, 3.05) is 13.1 Å². The van der Waals surface area contributed by atoms with E-state index in [0.717, 1.165) is 5.56 Å². The number of piperidine rings is 1. The molecule has 1 saturated heterocycles. The molecule has 158 valence electrons. The molecule has 1 aliphatic heterocycles. The minimum Gasteiger partial charge on any atom is -0.388 e. The zero-order valence-corrected chi connectivity index (χ0v) is 17.4. The molecule has 3 aromatic rings. The number of amides is 1. The second-order valence-corrected chi connectivity index (χ2v) is 8.33. The summed E-state index contributed by atoms with van der Waals surface area (Å²) in [7, 11) is 1.78. The number of fused-ring (bicyclic) bond motifs is 1. The van der Waals surface area contributed by atoms with E-state index in [2.05, 4.69) is 16.9 Å². The lowest BCUT2D eigenvalue weighted by molar-refractivity contribution is -0.136. The summed E-state index contributed by atoms with van der Waals surface area (Å²) in [5.74, 6) is 0.247. The first-order valence-corrected chi connectivity index (χ1v) is 10.3. The van der Waals surface area contributed by atoms with E-state index in [-0.39, 0.29) is 23.9 Å². The molecule has 0 aliphatic carbocycles. The van der Waals surface area contributed by atoms with Gasteiger partial charge in [0.05, 0.1) is 18.5 Å². The third-order valence-corrected chi connectivity index (χ3v) is 6.05. The number of rotatable bonds is 5. The Bertz CT molecular complexity index is 1100. The van der Waals surface area contributed by atoms with Crippen LogP contribution in [0.2, 0.25) is 0 Å². The third-order valence-electron chi connectivity index (χ3n) is 6.05. The second-order valence-electron chi connectivity index (χ2n) is 8.33. The maximum absolute atomic E-state index is 12.7. The van der Waals surface area contributed by atoms with Crippen LogP contribution in [-0.2, 0) is 18.4 Å². The van der Waals surface area contributed by atoms with Gasteiger partial charge in [-0.1, -0.05) is 37.3 Å². The van der Waals surface area contributed by atoms with E-state index >= 15 is 0 Å². The molecule has 8 heteroatoms. The fourth-order valence-electron chi connectivity index (χ4n) is 4.09. The second kappa shape index (κ2) is 8.02. The maximum Gasteiger partial charge on any atom is 0.281 e. The number of hydrogen-bond donors (Lipinski definition) is 1. The Hall–Kier alpha value is -3.00. The summed E-state index contributed by atoms with van der Waals surface area (Å²) in [5, 5.41) is 11.0. The Morgan fingerprint density at radius 2 is 1.87 bits per heavy atom. The van der Waals surface area contributed by atoms with Crippen molar-refractivity contribution >= 4 is 17.1 Å². The largest absolute Gasteiger partial charge is 0.388 e. The highest BCUT2D eigenvalue weighted by Gasteiger charge is 2.35. The molecule has 3 heterocycles. The standard InChI is InChI=1S/C22H27N5O3/c1-16(17-6-4-3-5-7-17)12-18(28)26-10-8-22(30,9-11-26)13-27-15-24-20-19(21(27)29)23-14-25(20)2/h3-7,14-16,30H,8-13H2,1-2H3/t16-/m1/s1. The van der Waals surface area contributed by atoms with Crippen LogP contribution in [0, 0.1) is 0 Å². The smallest absolute Gasteiger partial charge is 0.281 e. The summed E-state index contributed by atoms with van der Waals surface area (Å²) in [5.41, 5.74) is 0.665. The van der Waals surface area contributed by atoms with E-state index in [1.54, 1.807) is 17.9 Å². The molecule has 0 unspecified atom stereocenters. The molecule has 1 aromatic carbocycles. The molecule has 0 saturated carbocycles. The number of carbonyl (C=O) groups excluding carboxylic acids is 1. The number of imidazole rings is 1. The fraction of sp³-hybridized carbons (Fsp3) is 0.455. The van der Waals surface area contributed by atoms with Crippen LogP contribution in [0.5, 0.6) is 0 Å². The summed E-state index contributed by atoms with van der Waals surface area (Å²) in [6, 6.07) is 10.0. The summed E-state index contributed by atoms with van der Waals surface area (Å²) >= 11 is 0. The molecule has 0 spiro atoms. The lowest BCUT2D eigenvalue weighted by Gasteiger charge is -2.38. The minimum atomic E-state index is -1.05. The van der Waals surface area contributed by atoms with Crippen molar-refractivity contribution < 1.29 is 9.90 Å². The van der Waals surface area contributed by atoms with Gasteiger partial charge in [-0.3, -0.25) is 14.2 Å². The molecular formula is C22H27N5O3. The zero-order chi connectivity index (χ0) is 21.3. The molecule has 0 radical (unpaired) electrons. The quantitative estimate of drug-likeness (QED) is 0.692. The first-order valence-electron chi connectivity index (χ1n) is 10.3. The number of nitrogens with zero attached hydrogens (tertiary/aromatic N) is 5. The number of likely N-dealkylation sites (tertiary alicyclic amines) is 1. The van der Waals surface area contributed by atoms with E-state index in [1.807, 2.05) is 35.2 Å². The number of aliphatic hydroxyl groups is 1. The Labute approximate surface area is 174 Å². The van der Waals surface area contributed by atoms with E-state index in [9.17, 15) is 14.7 Å². The predicted octanol–water partition coefficient (Wildman–Crippen LogP) is 1.68. The average molecular weight is 409 g/mol. The van der Waals surface area contributed by atoms with Crippen LogP contribution in [0.25, 0.3) is 11.2 Å². The summed E-state index contributed by atoms with van der Waals surface area (Å²) < 4.78 is 3.11. The van der Waals surface area contributed by atoms with Gasteiger partial charge in [-0.2, -0.15) is 0 Å². The van der Waals surface area contributed by atoms with Crippen molar-refractivity contribution in [1.29, 1.82) is 0 Å². The number of benzene rings is 1. The molecule has 0 bridgehead atoms. The number of aromatic nitrogens is 4. The summed E-state index contributed by atoms with van der Waals surface area (Å²) in [6.45, 7) is 3.16. The fourth-order valence-corrected chi connectivity index (χ4v) is 4.09. The normalized spacial score (nSPS) is 17.2. The predicted molar refractivity (Wildman–Crippen MR) is 113 cm³/mol. The molecule has 1 aliphatic rings. The Kier molecular flexibility index (Phi) is 5.42. The summed E-state index contributed by atoms with van der Waals surface area (Å²) in [6.07, 6.45) is 4.31. The van der Waals surface area contributed by atoms with Crippen molar-refractivity contribution in [3.8, 4) is 0 Å². The van der Waals surface area contributed by atoms with Gasteiger partial charge in [-0.05, 0) is 24.3 Å². The Morgan fingerprint density at radius 1 is 1.17 bits per heavy atom. The number of aryl methyl sites for hydroxylation is 1. The Morgan fingerprint density at radius 3 is 2.57 bits per heavy atom. The van der Waals surface area contributed by atoms with Crippen molar-refractivity contribution in [2.24, 2.45) is 7.05 Å². The van der Waals surface area contributed by atoms with Crippen LogP contribution in [0.4, 0.5) is 0 Å². The third kappa shape index (κ3) is 4.00. The van der Waals surface area contributed by atoms with Crippen LogP contribution in [-0.4, -0.2) is 53.7 Å². The van der Waals surface area contributed by atoms with Gasteiger partial charge in [-0.15, -0.1) is 0 Å². The maximum atomic E-state index is 12.7. The highest BCUT2D eigenvalue weighted by atomic mass is 16.3. The van der Waals surface area contributed by atoms with Crippen LogP contribution in [0.15, 0.2) is 47.8 Å². The summed E-state index contributed by atoms with van der Waals surface area (Å²) in [4.78, 5) is 35.6. The molecule has 1 N–H and O–H groups in total. The van der Waals surface area contributed by atoms with Gasteiger partial charge in [0.2, 0.25) is 5.91 Å². The van der Waals surface area contributed by atoms with Gasteiger partial charge in [0.1, 0.15) is 6.33 Å². The van der Waals surface area contributed by atoms with E-state index in [0.29, 0.717) is 43.5 Å². The van der Waals surface area contributed by atoms with Crippen molar-refractivity contribution in [1.82, 2.24) is 24.0 Å². The Balaban J connectivity index is 1.38. The van der Waals surface area contributed by atoms with Gasteiger partial charge >= 0.3 is 0 Å². The molecule has 4 rings (SSSR count). The first kappa shape index (κ1) is 20.3. The van der Waals surface area contributed by atoms with Gasteiger partial charge in [0.15, 0.2) is 11.2 Å². The molecular weight excluding hydrogens is 382 g/mol. The van der Waals surface area contributed by atoms with Crippen LogP contribution in [0.3, 0.4) is 0 Å². The lowest BCUT2D eigenvalue weighted by Crippen LogP contribution is -2.49. The molecule has 2 aromatic heterocycles.